The van der Waals surface area contributed by atoms with E-state index in [2.05, 4.69) is 11.7 Å². The van der Waals surface area contributed by atoms with Gasteiger partial charge in [0.2, 0.25) is 0 Å². The van der Waals surface area contributed by atoms with Crippen LogP contribution in [0, 0.1) is 10.1 Å². The highest BCUT2D eigenvalue weighted by Gasteiger charge is 2.08. The Bertz CT molecular complexity index is 349. The number of nitro benzene ring substituents is 1. The number of phenolic OH excluding ortho intramolecular Hbond substituents is 1. The van der Waals surface area contributed by atoms with Crippen molar-refractivity contribution < 1.29 is 10.0 Å². The minimum absolute atomic E-state index is 0.00185. The van der Waals surface area contributed by atoms with Crippen LogP contribution in [0.2, 0.25) is 0 Å². The highest BCUT2D eigenvalue weighted by molar-refractivity contribution is 5.43. The standard InChI is InChI=1S/C8H8N2O3/c1-9-5-6-4-7(10(12)13)2-3-8(6)11/h2-4,11H,1,5H2. The number of hydrogen-bond acceptors (Lipinski definition) is 4. The SMILES string of the molecule is C=NCc1cc([N+](=O)[O-])ccc1O. The molecule has 0 aromatic heterocycles. The van der Waals surface area contributed by atoms with Gasteiger partial charge < -0.3 is 5.11 Å². The van der Waals surface area contributed by atoms with Gasteiger partial charge in [0.1, 0.15) is 5.75 Å². The summed E-state index contributed by atoms with van der Waals surface area (Å²) in [4.78, 5) is 13.4. The number of phenols is 1. The van der Waals surface area contributed by atoms with Crippen molar-refractivity contribution in [2.45, 2.75) is 6.54 Å². The first kappa shape index (κ1) is 9.18. The quantitative estimate of drug-likeness (QED) is 0.435. The van der Waals surface area contributed by atoms with Gasteiger partial charge >= 0.3 is 0 Å². The Morgan fingerprint density at radius 3 is 2.85 bits per heavy atom. The van der Waals surface area contributed by atoms with Gasteiger partial charge in [0.05, 0.1) is 11.5 Å². The van der Waals surface area contributed by atoms with Gasteiger partial charge in [-0.05, 0) is 12.8 Å². The lowest BCUT2D eigenvalue weighted by Gasteiger charge is -1.99. The summed E-state index contributed by atoms with van der Waals surface area (Å²) >= 11 is 0. The fourth-order valence-corrected chi connectivity index (χ4v) is 0.933. The summed E-state index contributed by atoms with van der Waals surface area (Å²) in [5.41, 5.74) is 0.348. The number of nitro groups is 1. The average Bonchev–Trinajstić information content (AvgIpc) is 2.08. The van der Waals surface area contributed by atoms with Gasteiger partial charge in [-0.15, -0.1) is 0 Å². The van der Waals surface area contributed by atoms with E-state index in [0.29, 0.717) is 5.56 Å². The highest BCUT2D eigenvalue weighted by atomic mass is 16.6. The van der Waals surface area contributed by atoms with Gasteiger partial charge in [-0.1, -0.05) is 0 Å². The fourth-order valence-electron chi connectivity index (χ4n) is 0.933. The molecule has 0 fully saturated rings. The van der Waals surface area contributed by atoms with E-state index in [1.165, 1.54) is 18.2 Å². The van der Waals surface area contributed by atoms with Crippen LogP contribution in [-0.2, 0) is 6.54 Å². The third-order valence-electron chi connectivity index (χ3n) is 1.56. The molecule has 0 saturated heterocycles. The van der Waals surface area contributed by atoms with Gasteiger partial charge in [-0.25, -0.2) is 0 Å². The van der Waals surface area contributed by atoms with Gasteiger partial charge in [0, 0.05) is 17.7 Å². The van der Waals surface area contributed by atoms with Gasteiger partial charge in [-0.2, -0.15) is 0 Å². The first-order valence-corrected chi connectivity index (χ1v) is 3.54. The number of hydrogen-bond donors (Lipinski definition) is 1. The summed E-state index contributed by atoms with van der Waals surface area (Å²) in [5.74, 6) is -0.00185. The molecule has 0 saturated carbocycles. The number of non-ortho nitro benzene ring substituents is 1. The second-order valence-corrected chi connectivity index (χ2v) is 2.45. The van der Waals surface area contributed by atoms with Crippen molar-refractivity contribution >= 4 is 12.4 Å². The Morgan fingerprint density at radius 1 is 1.62 bits per heavy atom. The predicted molar refractivity (Wildman–Crippen MR) is 48.0 cm³/mol. The Hall–Kier alpha value is -1.91. The molecular weight excluding hydrogens is 172 g/mol. The zero-order valence-corrected chi connectivity index (χ0v) is 6.80. The van der Waals surface area contributed by atoms with E-state index >= 15 is 0 Å². The van der Waals surface area contributed by atoms with Crippen molar-refractivity contribution in [3.8, 4) is 5.75 Å². The van der Waals surface area contributed by atoms with Crippen LogP contribution in [0.4, 0.5) is 5.69 Å². The van der Waals surface area contributed by atoms with E-state index in [0.717, 1.165) is 0 Å². The highest BCUT2D eigenvalue weighted by Crippen LogP contribution is 2.23. The van der Waals surface area contributed by atoms with Crippen LogP contribution in [0.3, 0.4) is 0 Å². The third kappa shape index (κ3) is 2.02. The van der Waals surface area contributed by atoms with Crippen molar-refractivity contribution in [3.05, 3.63) is 33.9 Å². The molecule has 1 N–H and O–H groups in total. The lowest BCUT2D eigenvalue weighted by molar-refractivity contribution is -0.384. The first-order valence-electron chi connectivity index (χ1n) is 3.54. The van der Waals surface area contributed by atoms with E-state index in [-0.39, 0.29) is 18.0 Å². The third-order valence-corrected chi connectivity index (χ3v) is 1.56. The summed E-state index contributed by atoms with van der Waals surface area (Å²) in [7, 11) is 0. The molecule has 0 atom stereocenters. The lowest BCUT2D eigenvalue weighted by atomic mass is 10.2. The Labute approximate surface area is 74.5 Å². The van der Waals surface area contributed by atoms with E-state index in [9.17, 15) is 15.2 Å². The summed E-state index contributed by atoms with van der Waals surface area (Å²) in [6.07, 6.45) is 0. The molecule has 13 heavy (non-hydrogen) atoms. The van der Waals surface area contributed by atoms with E-state index in [1.807, 2.05) is 0 Å². The number of rotatable bonds is 3. The maximum atomic E-state index is 10.3. The van der Waals surface area contributed by atoms with Crippen LogP contribution in [-0.4, -0.2) is 16.7 Å². The molecule has 0 bridgehead atoms. The van der Waals surface area contributed by atoms with Crippen LogP contribution in [0.5, 0.6) is 5.75 Å². The number of aromatic hydroxyl groups is 1. The first-order chi connectivity index (χ1) is 6.15. The Balaban J connectivity index is 3.10. The molecule has 0 radical (unpaired) electrons. The van der Waals surface area contributed by atoms with Crippen LogP contribution in [0.1, 0.15) is 5.56 Å². The molecule has 0 heterocycles. The zero-order chi connectivity index (χ0) is 9.84. The van der Waals surface area contributed by atoms with Crippen LogP contribution in [0.15, 0.2) is 23.2 Å². The van der Waals surface area contributed by atoms with E-state index < -0.39 is 4.92 Å². The Morgan fingerprint density at radius 2 is 2.31 bits per heavy atom. The van der Waals surface area contributed by atoms with Gasteiger partial charge in [0.25, 0.3) is 5.69 Å². The van der Waals surface area contributed by atoms with Crippen molar-refractivity contribution in [2.24, 2.45) is 4.99 Å². The van der Waals surface area contributed by atoms with Crippen molar-refractivity contribution in [1.82, 2.24) is 0 Å². The maximum absolute atomic E-state index is 10.3. The zero-order valence-electron chi connectivity index (χ0n) is 6.80. The van der Waals surface area contributed by atoms with Crippen LogP contribution < -0.4 is 0 Å². The summed E-state index contributed by atoms with van der Waals surface area (Å²) in [6.45, 7) is 3.41. The molecule has 0 spiro atoms. The average molecular weight is 180 g/mol. The van der Waals surface area contributed by atoms with Crippen LogP contribution in [0.25, 0.3) is 0 Å². The van der Waals surface area contributed by atoms with Crippen LogP contribution >= 0.6 is 0 Å². The minimum atomic E-state index is -0.522. The molecule has 0 unspecified atom stereocenters. The number of nitrogens with zero attached hydrogens (tertiary/aromatic N) is 2. The number of benzene rings is 1. The molecule has 0 aliphatic rings. The maximum Gasteiger partial charge on any atom is 0.270 e. The van der Waals surface area contributed by atoms with E-state index in [4.69, 9.17) is 0 Å². The van der Waals surface area contributed by atoms with Crippen molar-refractivity contribution in [1.29, 1.82) is 0 Å². The molecular formula is C8H8N2O3. The minimum Gasteiger partial charge on any atom is -0.508 e. The predicted octanol–water partition coefficient (Wildman–Crippen LogP) is 1.50. The topological polar surface area (TPSA) is 75.7 Å². The smallest absolute Gasteiger partial charge is 0.270 e. The van der Waals surface area contributed by atoms with Gasteiger partial charge in [0.15, 0.2) is 0 Å². The molecule has 68 valence electrons. The summed E-state index contributed by atoms with van der Waals surface area (Å²) in [5, 5.41) is 19.6. The summed E-state index contributed by atoms with van der Waals surface area (Å²) < 4.78 is 0. The molecule has 1 aromatic rings. The molecule has 1 aromatic carbocycles. The molecule has 5 heteroatoms. The lowest BCUT2D eigenvalue weighted by Crippen LogP contribution is -1.90. The van der Waals surface area contributed by atoms with Crippen molar-refractivity contribution in [3.63, 3.8) is 0 Å². The molecule has 5 nitrogen and oxygen atoms in total. The monoisotopic (exact) mass is 180 g/mol. The molecule has 1 rings (SSSR count). The van der Waals surface area contributed by atoms with E-state index in [1.54, 1.807) is 0 Å². The largest absolute Gasteiger partial charge is 0.508 e. The second-order valence-electron chi connectivity index (χ2n) is 2.45. The molecule has 0 aliphatic heterocycles. The van der Waals surface area contributed by atoms with Gasteiger partial charge in [-0.3, -0.25) is 15.1 Å². The fraction of sp³-hybridized carbons (Fsp3) is 0.125. The Kier molecular flexibility index (Phi) is 2.59. The normalized spacial score (nSPS) is 9.54. The molecule has 0 amide bonds. The number of aliphatic imine (C=N–C) groups is 1. The van der Waals surface area contributed by atoms with Crippen molar-refractivity contribution in [2.75, 3.05) is 0 Å². The second kappa shape index (κ2) is 3.66. The molecule has 0 aliphatic carbocycles. The summed E-state index contributed by atoms with van der Waals surface area (Å²) in [6, 6.07) is 3.80.